The second-order valence-corrected chi connectivity index (χ2v) is 10.1. The number of benzene rings is 3. The first-order valence-corrected chi connectivity index (χ1v) is 12.7. The summed E-state index contributed by atoms with van der Waals surface area (Å²) in [5, 5.41) is 11.0. The van der Waals surface area contributed by atoms with Crippen LogP contribution in [0, 0.1) is 23.2 Å². The van der Waals surface area contributed by atoms with E-state index in [0.29, 0.717) is 48.6 Å². The zero-order chi connectivity index (χ0) is 25.8. The molecule has 4 atom stereocenters. The Kier molecular flexibility index (Phi) is 5.46. The molecule has 0 aliphatic carbocycles. The van der Waals surface area contributed by atoms with E-state index in [1.165, 1.54) is 4.90 Å². The van der Waals surface area contributed by atoms with E-state index in [9.17, 15) is 14.9 Å². The van der Waals surface area contributed by atoms with Gasteiger partial charge in [0.05, 0.1) is 54.1 Å². The number of carbonyl (C=O) groups is 2. The van der Waals surface area contributed by atoms with Gasteiger partial charge in [-0.2, -0.15) is 5.26 Å². The van der Waals surface area contributed by atoms with Crippen LogP contribution < -0.4 is 14.4 Å². The minimum Gasteiger partial charge on any atom is -0.497 e. The average molecular weight is 497 g/mol. The Hall–Kier alpha value is -3.89. The van der Waals surface area contributed by atoms with Crippen molar-refractivity contribution in [2.45, 2.75) is 43.8 Å². The normalized spacial score (nSPS) is 28.0. The molecule has 3 aromatic carbocycles. The summed E-state index contributed by atoms with van der Waals surface area (Å²) in [6.07, 6.45) is 2.62. The Morgan fingerprint density at radius 3 is 2.41 bits per heavy atom. The molecule has 0 spiro atoms. The zero-order valence-corrected chi connectivity index (χ0v) is 20.9. The van der Waals surface area contributed by atoms with E-state index in [1.807, 2.05) is 55.5 Å². The van der Waals surface area contributed by atoms with Crippen LogP contribution in [0.15, 0.2) is 60.7 Å². The van der Waals surface area contributed by atoms with Crippen molar-refractivity contribution in [2.75, 3.05) is 18.6 Å². The summed E-state index contributed by atoms with van der Waals surface area (Å²) in [6, 6.07) is 20.4. The lowest BCUT2D eigenvalue weighted by molar-refractivity contribution is -0.132. The number of nitrogens with zero attached hydrogens (tertiary/aromatic N) is 2. The molecule has 3 heterocycles. The highest BCUT2D eigenvalue weighted by Gasteiger charge is 2.74. The molecule has 3 saturated heterocycles. The van der Waals surface area contributed by atoms with Gasteiger partial charge < -0.3 is 14.2 Å². The molecule has 7 nitrogen and oxygen atoms in total. The minimum absolute atomic E-state index is 0.206. The van der Waals surface area contributed by atoms with Crippen molar-refractivity contribution in [3.05, 3.63) is 66.2 Å². The number of anilines is 1. The quantitative estimate of drug-likeness (QED) is 0.428. The molecule has 3 aromatic rings. The fraction of sp³-hybridized carbons (Fsp3) is 0.367. The fourth-order valence-corrected chi connectivity index (χ4v) is 6.74. The van der Waals surface area contributed by atoms with Gasteiger partial charge in [-0.1, -0.05) is 37.3 Å². The van der Waals surface area contributed by atoms with Gasteiger partial charge in [0.15, 0.2) is 0 Å². The summed E-state index contributed by atoms with van der Waals surface area (Å²) in [5.41, 5.74) is -0.348. The van der Waals surface area contributed by atoms with Crippen LogP contribution in [0.2, 0.25) is 0 Å². The predicted octanol–water partition coefficient (Wildman–Crippen LogP) is 5.01. The lowest BCUT2D eigenvalue weighted by atomic mass is 9.66. The summed E-state index contributed by atoms with van der Waals surface area (Å²) < 4.78 is 18.0. The third-order valence-corrected chi connectivity index (χ3v) is 8.51. The van der Waals surface area contributed by atoms with E-state index in [0.717, 1.165) is 17.2 Å². The molecular weight excluding hydrogens is 468 g/mol. The topological polar surface area (TPSA) is 88.9 Å². The summed E-state index contributed by atoms with van der Waals surface area (Å²) in [5.74, 6) is -0.115. The molecule has 0 saturated carbocycles. The number of methoxy groups -OCH3 is 1. The van der Waals surface area contributed by atoms with Gasteiger partial charge in [0.2, 0.25) is 11.8 Å². The van der Waals surface area contributed by atoms with Gasteiger partial charge in [0, 0.05) is 23.3 Å². The minimum atomic E-state index is -0.747. The third kappa shape index (κ3) is 3.36. The van der Waals surface area contributed by atoms with E-state index in [1.54, 1.807) is 19.2 Å². The Balaban J connectivity index is 1.34. The molecule has 7 heteroatoms. The summed E-state index contributed by atoms with van der Waals surface area (Å²) in [7, 11) is 1.61. The number of hydrogen-bond acceptors (Lipinski definition) is 6. The monoisotopic (exact) mass is 496 g/mol. The van der Waals surface area contributed by atoms with Crippen LogP contribution in [0.25, 0.3) is 10.8 Å². The van der Waals surface area contributed by atoms with Crippen molar-refractivity contribution in [2.24, 2.45) is 11.8 Å². The van der Waals surface area contributed by atoms with Crippen molar-refractivity contribution in [1.29, 1.82) is 5.26 Å². The number of hydrogen-bond donors (Lipinski definition) is 0. The SMILES string of the molecule is CCC12CCC(CCOc3cccc(OC)c3)(O1)C1C(=O)N(c3ccc(C#N)c4ccccc34)C(=O)C12. The third-order valence-electron chi connectivity index (χ3n) is 8.51. The van der Waals surface area contributed by atoms with Gasteiger partial charge in [0.25, 0.3) is 0 Å². The van der Waals surface area contributed by atoms with Crippen molar-refractivity contribution in [3.8, 4) is 17.6 Å². The maximum atomic E-state index is 14.1. The number of amides is 2. The molecule has 37 heavy (non-hydrogen) atoms. The number of fused-ring (bicyclic) bond motifs is 6. The van der Waals surface area contributed by atoms with Crippen LogP contribution in [-0.2, 0) is 14.3 Å². The van der Waals surface area contributed by atoms with Gasteiger partial charge in [-0.05, 0) is 43.5 Å². The molecule has 188 valence electrons. The molecule has 0 N–H and O–H groups in total. The molecule has 0 aromatic heterocycles. The number of carbonyl (C=O) groups excluding carboxylic acids is 2. The Bertz CT molecular complexity index is 1460. The van der Waals surface area contributed by atoms with E-state index in [-0.39, 0.29) is 11.8 Å². The number of imide groups is 1. The van der Waals surface area contributed by atoms with Crippen LogP contribution in [0.4, 0.5) is 5.69 Å². The lowest BCUT2D eigenvalue weighted by Gasteiger charge is -2.31. The van der Waals surface area contributed by atoms with Crippen LogP contribution >= 0.6 is 0 Å². The number of ether oxygens (including phenoxy) is 3. The summed E-state index contributed by atoms with van der Waals surface area (Å²) in [4.78, 5) is 29.4. The molecule has 3 aliphatic heterocycles. The van der Waals surface area contributed by atoms with Crippen molar-refractivity contribution < 1.29 is 23.8 Å². The Morgan fingerprint density at radius 1 is 0.973 bits per heavy atom. The zero-order valence-electron chi connectivity index (χ0n) is 20.9. The number of rotatable bonds is 7. The molecule has 2 bridgehead atoms. The van der Waals surface area contributed by atoms with E-state index >= 15 is 0 Å². The first kappa shape index (κ1) is 23.5. The Morgan fingerprint density at radius 2 is 1.68 bits per heavy atom. The highest BCUT2D eigenvalue weighted by Crippen LogP contribution is 2.63. The van der Waals surface area contributed by atoms with Crippen molar-refractivity contribution in [3.63, 3.8) is 0 Å². The average Bonchev–Trinajstić information content (AvgIpc) is 3.54. The molecular formula is C30H28N2O5. The first-order chi connectivity index (χ1) is 18.0. The van der Waals surface area contributed by atoms with Crippen LogP contribution in [0.3, 0.4) is 0 Å². The second kappa shape index (κ2) is 8.60. The first-order valence-electron chi connectivity index (χ1n) is 12.7. The van der Waals surface area contributed by atoms with Crippen LogP contribution in [0.1, 0.15) is 38.2 Å². The van der Waals surface area contributed by atoms with E-state index in [2.05, 4.69) is 6.07 Å². The molecule has 6 rings (SSSR count). The highest BCUT2D eigenvalue weighted by molar-refractivity contribution is 6.26. The van der Waals surface area contributed by atoms with Gasteiger partial charge >= 0.3 is 0 Å². The van der Waals surface area contributed by atoms with Crippen LogP contribution in [0.5, 0.6) is 11.5 Å². The maximum Gasteiger partial charge on any atom is 0.240 e. The molecule has 3 aliphatic rings. The van der Waals surface area contributed by atoms with Crippen LogP contribution in [-0.4, -0.2) is 36.7 Å². The second-order valence-electron chi connectivity index (χ2n) is 10.1. The van der Waals surface area contributed by atoms with Gasteiger partial charge in [-0.15, -0.1) is 0 Å². The van der Waals surface area contributed by atoms with Gasteiger partial charge in [0.1, 0.15) is 11.5 Å². The molecule has 4 unspecified atom stereocenters. The predicted molar refractivity (Wildman–Crippen MR) is 137 cm³/mol. The summed E-state index contributed by atoms with van der Waals surface area (Å²) >= 11 is 0. The lowest BCUT2D eigenvalue weighted by Crippen LogP contribution is -2.43. The number of nitriles is 1. The fourth-order valence-electron chi connectivity index (χ4n) is 6.74. The van der Waals surface area contributed by atoms with E-state index in [4.69, 9.17) is 14.2 Å². The smallest absolute Gasteiger partial charge is 0.240 e. The maximum absolute atomic E-state index is 14.1. The van der Waals surface area contributed by atoms with Crippen molar-refractivity contribution >= 4 is 28.3 Å². The van der Waals surface area contributed by atoms with E-state index < -0.39 is 23.0 Å². The Labute approximate surface area is 215 Å². The van der Waals surface area contributed by atoms with Crippen molar-refractivity contribution in [1.82, 2.24) is 0 Å². The summed E-state index contributed by atoms with van der Waals surface area (Å²) in [6.45, 7) is 2.39. The molecule has 3 fully saturated rings. The molecule has 0 radical (unpaired) electrons. The highest BCUT2D eigenvalue weighted by atomic mass is 16.5. The van der Waals surface area contributed by atoms with Gasteiger partial charge in [-0.3, -0.25) is 9.59 Å². The standard InChI is InChI=1S/C30H28N2O5/c1-3-29-13-14-30(37-29,15-16-36-21-8-6-7-20(17-21)35-2)26-25(29)27(33)32(28(26)34)24-12-11-19(18-31)22-9-4-5-10-23(22)24/h4-12,17,25-26H,3,13-16H2,1-2H3. The largest absolute Gasteiger partial charge is 0.497 e. The van der Waals surface area contributed by atoms with Gasteiger partial charge in [-0.25, -0.2) is 4.90 Å². The molecule has 2 amide bonds.